The van der Waals surface area contributed by atoms with Crippen molar-refractivity contribution in [1.82, 2.24) is 5.32 Å². The van der Waals surface area contributed by atoms with E-state index in [1.165, 1.54) is 0 Å². The van der Waals surface area contributed by atoms with Crippen molar-refractivity contribution in [3.05, 3.63) is 33.8 Å². The van der Waals surface area contributed by atoms with E-state index in [0.717, 1.165) is 48.1 Å². The van der Waals surface area contributed by atoms with Crippen molar-refractivity contribution in [2.24, 2.45) is 0 Å². The molecule has 0 aliphatic heterocycles. The Bertz CT molecular complexity index is 298. The van der Waals surface area contributed by atoms with Gasteiger partial charge in [-0.15, -0.1) is 0 Å². The molecule has 0 fully saturated rings. The Hall–Kier alpha value is -0.280. The summed E-state index contributed by atoms with van der Waals surface area (Å²) in [6, 6.07) is 5.62. The van der Waals surface area contributed by atoms with Gasteiger partial charge in [0, 0.05) is 23.7 Å². The fraction of sp³-hybridized carbons (Fsp3) is 0.500. The first-order chi connectivity index (χ1) is 7.75. The highest BCUT2D eigenvalue weighted by atomic mass is 35.5. The van der Waals surface area contributed by atoms with Crippen molar-refractivity contribution in [3.63, 3.8) is 0 Å². The summed E-state index contributed by atoms with van der Waals surface area (Å²) >= 11 is 12.1. The molecule has 0 aliphatic rings. The average molecular weight is 262 g/mol. The highest BCUT2D eigenvalue weighted by molar-refractivity contribution is 6.35. The van der Waals surface area contributed by atoms with E-state index < -0.39 is 0 Å². The van der Waals surface area contributed by atoms with Gasteiger partial charge in [0.1, 0.15) is 0 Å². The summed E-state index contributed by atoms with van der Waals surface area (Å²) < 4.78 is 4.94. The summed E-state index contributed by atoms with van der Waals surface area (Å²) in [5, 5.41) is 4.79. The lowest BCUT2D eigenvalue weighted by molar-refractivity contribution is 0.199. The number of hydrogen-bond acceptors (Lipinski definition) is 2. The predicted octanol–water partition coefficient (Wildman–Crippen LogP) is 3.16. The van der Waals surface area contributed by atoms with Gasteiger partial charge in [0.15, 0.2) is 0 Å². The van der Waals surface area contributed by atoms with Crippen LogP contribution in [0.4, 0.5) is 0 Å². The summed E-state index contributed by atoms with van der Waals surface area (Å²) in [5.41, 5.74) is 1.04. The third kappa shape index (κ3) is 4.71. The van der Waals surface area contributed by atoms with E-state index in [4.69, 9.17) is 27.9 Å². The highest BCUT2D eigenvalue weighted by Crippen LogP contribution is 2.25. The second-order valence-electron chi connectivity index (χ2n) is 3.55. The van der Waals surface area contributed by atoms with Gasteiger partial charge in [0.05, 0.1) is 6.61 Å². The third-order valence-corrected chi connectivity index (χ3v) is 3.03. The van der Waals surface area contributed by atoms with Gasteiger partial charge < -0.3 is 10.1 Å². The molecule has 16 heavy (non-hydrogen) atoms. The summed E-state index contributed by atoms with van der Waals surface area (Å²) in [4.78, 5) is 0. The van der Waals surface area contributed by atoms with Gasteiger partial charge in [-0.2, -0.15) is 0 Å². The molecule has 0 bridgehead atoms. The maximum atomic E-state index is 6.07. The molecule has 0 aliphatic carbocycles. The SMILES string of the molecule is COCCNCCCc1c(Cl)cccc1Cl. The van der Waals surface area contributed by atoms with Gasteiger partial charge in [-0.3, -0.25) is 0 Å². The molecular formula is C12H17Cl2NO. The molecule has 1 N–H and O–H groups in total. The van der Waals surface area contributed by atoms with Crippen LogP contribution in [0.15, 0.2) is 18.2 Å². The fourth-order valence-electron chi connectivity index (χ4n) is 1.46. The first-order valence-corrected chi connectivity index (χ1v) is 6.14. The van der Waals surface area contributed by atoms with Gasteiger partial charge in [-0.1, -0.05) is 29.3 Å². The fourth-order valence-corrected chi connectivity index (χ4v) is 2.05. The van der Waals surface area contributed by atoms with Crippen LogP contribution in [0.25, 0.3) is 0 Å². The molecule has 0 saturated heterocycles. The molecule has 90 valence electrons. The average Bonchev–Trinajstić information content (AvgIpc) is 2.26. The molecule has 0 spiro atoms. The van der Waals surface area contributed by atoms with Crippen molar-refractivity contribution in [1.29, 1.82) is 0 Å². The van der Waals surface area contributed by atoms with E-state index in [0.29, 0.717) is 0 Å². The third-order valence-electron chi connectivity index (χ3n) is 2.32. The van der Waals surface area contributed by atoms with Crippen molar-refractivity contribution in [3.8, 4) is 0 Å². The molecule has 0 radical (unpaired) electrons. The molecule has 1 rings (SSSR count). The summed E-state index contributed by atoms with van der Waals surface area (Å²) in [5.74, 6) is 0. The van der Waals surface area contributed by atoms with E-state index in [-0.39, 0.29) is 0 Å². The van der Waals surface area contributed by atoms with Crippen molar-refractivity contribution >= 4 is 23.2 Å². The van der Waals surface area contributed by atoms with Crippen LogP contribution >= 0.6 is 23.2 Å². The Balaban J connectivity index is 2.26. The molecule has 1 aromatic carbocycles. The van der Waals surface area contributed by atoms with Crippen molar-refractivity contribution in [2.45, 2.75) is 12.8 Å². The van der Waals surface area contributed by atoms with Gasteiger partial charge in [0.25, 0.3) is 0 Å². The maximum Gasteiger partial charge on any atom is 0.0587 e. The van der Waals surface area contributed by atoms with Crippen molar-refractivity contribution < 1.29 is 4.74 Å². The minimum atomic E-state index is 0.743. The van der Waals surface area contributed by atoms with E-state index >= 15 is 0 Å². The summed E-state index contributed by atoms with van der Waals surface area (Å²) in [7, 11) is 1.70. The first kappa shape index (κ1) is 13.8. The van der Waals surface area contributed by atoms with Gasteiger partial charge in [-0.05, 0) is 37.1 Å². The Labute approximate surface area is 107 Å². The zero-order valence-corrected chi connectivity index (χ0v) is 10.9. The zero-order chi connectivity index (χ0) is 11.8. The van der Waals surface area contributed by atoms with Crippen LogP contribution in [0.1, 0.15) is 12.0 Å². The van der Waals surface area contributed by atoms with Crippen LogP contribution in [0.5, 0.6) is 0 Å². The number of methoxy groups -OCH3 is 1. The maximum absolute atomic E-state index is 6.07. The van der Waals surface area contributed by atoms with Crippen LogP contribution < -0.4 is 5.32 Å². The quantitative estimate of drug-likeness (QED) is 0.762. The van der Waals surface area contributed by atoms with Crippen LogP contribution in [0, 0.1) is 0 Å². The van der Waals surface area contributed by atoms with Gasteiger partial charge >= 0.3 is 0 Å². The molecular weight excluding hydrogens is 245 g/mol. The minimum absolute atomic E-state index is 0.743. The smallest absolute Gasteiger partial charge is 0.0587 e. The first-order valence-electron chi connectivity index (χ1n) is 5.38. The molecule has 0 aromatic heterocycles. The summed E-state index contributed by atoms with van der Waals surface area (Å²) in [6.45, 7) is 2.57. The van der Waals surface area contributed by atoms with Crippen LogP contribution in [-0.4, -0.2) is 26.8 Å². The molecule has 2 nitrogen and oxygen atoms in total. The van der Waals surface area contributed by atoms with Crippen LogP contribution in [-0.2, 0) is 11.2 Å². The topological polar surface area (TPSA) is 21.3 Å². The second-order valence-corrected chi connectivity index (χ2v) is 4.36. The second kappa shape index (κ2) is 7.91. The lowest BCUT2D eigenvalue weighted by Crippen LogP contribution is -2.20. The standard InChI is InChI=1S/C12H17Cl2NO/c1-16-9-8-15-7-3-4-10-11(13)5-2-6-12(10)14/h2,5-6,15H,3-4,7-9H2,1H3. The highest BCUT2D eigenvalue weighted by Gasteiger charge is 2.04. The van der Waals surface area contributed by atoms with E-state index in [9.17, 15) is 0 Å². The molecule has 4 heteroatoms. The number of nitrogens with one attached hydrogen (secondary N) is 1. The predicted molar refractivity (Wildman–Crippen MR) is 69.5 cm³/mol. The number of hydrogen-bond donors (Lipinski definition) is 1. The molecule has 0 heterocycles. The number of rotatable bonds is 7. The number of ether oxygens (including phenoxy) is 1. The lowest BCUT2D eigenvalue weighted by Gasteiger charge is -2.07. The van der Waals surface area contributed by atoms with Gasteiger partial charge in [-0.25, -0.2) is 0 Å². The van der Waals surface area contributed by atoms with E-state index in [1.807, 2.05) is 18.2 Å². The molecule has 0 unspecified atom stereocenters. The molecule has 0 saturated carbocycles. The molecule has 0 atom stereocenters. The Kier molecular flexibility index (Phi) is 6.81. The van der Waals surface area contributed by atoms with E-state index in [2.05, 4.69) is 5.32 Å². The lowest BCUT2D eigenvalue weighted by atomic mass is 10.1. The van der Waals surface area contributed by atoms with E-state index in [1.54, 1.807) is 7.11 Å². The van der Waals surface area contributed by atoms with Crippen molar-refractivity contribution in [2.75, 3.05) is 26.8 Å². The largest absolute Gasteiger partial charge is 0.383 e. The molecule has 0 amide bonds. The van der Waals surface area contributed by atoms with Crippen LogP contribution in [0.2, 0.25) is 10.0 Å². The Morgan fingerprint density at radius 2 is 1.88 bits per heavy atom. The Morgan fingerprint density at radius 1 is 1.19 bits per heavy atom. The number of benzene rings is 1. The Morgan fingerprint density at radius 3 is 2.50 bits per heavy atom. The summed E-state index contributed by atoms with van der Waals surface area (Å²) in [6.07, 6.45) is 1.92. The number of halogens is 2. The normalized spacial score (nSPS) is 10.7. The molecule has 1 aromatic rings. The monoisotopic (exact) mass is 261 g/mol. The minimum Gasteiger partial charge on any atom is -0.383 e. The zero-order valence-electron chi connectivity index (χ0n) is 9.43. The van der Waals surface area contributed by atoms with Gasteiger partial charge in [0.2, 0.25) is 0 Å². The van der Waals surface area contributed by atoms with Crippen LogP contribution in [0.3, 0.4) is 0 Å².